The highest BCUT2D eigenvalue weighted by atomic mass is 16.2. The van der Waals surface area contributed by atoms with Crippen LogP contribution in [0.3, 0.4) is 0 Å². The van der Waals surface area contributed by atoms with Gasteiger partial charge < -0.3 is 14.8 Å². The summed E-state index contributed by atoms with van der Waals surface area (Å²) >= 11 is 0. The molecule has 2 saturated heterocycles. The van der Waals surface area contributed by atoms with E-state index in [0.717, 1.165) is 19.0 Å². The summed E-state index contributed by atoms with van der Waals surface area (Å²) in [5, 5.41) is 0. The molecule has 0 radical (unpaired) electrons. The molecule has 3 fully saturated rings. The lowest BCUT2D eigenvalue weighted by Gasteiger charge is -2.24. The van der Waals surface area contributed by atoms with E-state index >= 15 is 0 Å². The normalized spacial score (nSPS) is 28.1. The minimum Gasteiger partial charge on any atom is -0.338 e. The summed E-state index contributed by atoms with van der Waals surface area (Å²) in [6, 6.07) is 3.13. The number of carbonyl (C=O) groups excluding carboxylic acids is 1. The van der Waals surface area contributed by atoms with E-state index in [0.29, 0.717) is 17.4 Å². The average Bonchev–Trinajstić information content (AvgIpc) is 3.23. The minimum absolute atomic E-state index is 0.0157. The number of hydrogen-bond acceptors (Lipinski definition) is 3. The maximum absolute atomic E-state index is 12.7. The molecule has 0 bridgehead atoms. The molecule has 5 heteroatoms. The van der Waals surface area contributed by atoms with Gasteiger partial charge in [0.1, 0.15) is 0 Å². The Morgan fingerprint density at radius 1 is 1.08 bits per heavy atom. The highest BCUT2D eigenvalue weighted by molar-refractivity contribution is 5.94. The van der Waals surface area contributed by atoms with Crippen LogP contribution in [0.15, 0.2) is 23.1 Å². The summed E-state index contributed by atoms with van der Waals surface area (Å²) < 4.78 is 0. The lowest BCUT2D eigenvalue weighted by atomic mass is 9.92. The fourth-order valence-electron chi connectivity index (χ4n) is 5.07. The Morgan fingerprint density at radius 3 is 2.40 bits per heavy atom. The van der Waals surface area contributed by atoms with E-state index in [1.165, 1.54) is 64.2 Å². The molecule has 3 aliphatic rings. The lowest BCUT2D eigenvalue weighted by molar-refractivity contribution is 0.0779. The molecule has 5 nitrogen and oxygen atoms in total. The number of likely N-dealkylation sites (tertiary alicyclic amines) is 2. The van der Waals surface area contributed by atoms with Crippen LogP contribution in [0.1, 0.15) is 48.9 Å². The van der Waals surface area contributed by atoms with Crippen LogP contribution in [-0.4, -0.2) is 53.4 Å². The molecule has 1 amide bonds. The molecule has 2 atom stereocenters. The van der Waals surface area contributed by atoms with Crippen LogP contribution in [0.5, 0.6) is 0 Å². The molecule has 3 heterocycles. The van der Waals surface area contributed by atoms with E-state index in [9.17, 15) is 9.59 Å². The van der Waals surface area contributed by atoms with Gasteiger partial charge in [0.05, 0.1) is 0 Å². The smallest absolute Gasteiger partial charge is 0.254 e. The maximum Gasteiger partial charge on any atom is 0.254 e. The SMILES string of the molecule is O=C(c1cc[nH]c(=O)c1)N1C[C@H]2CCN(CC3CCCC3)CC[C@H]2C1. The summed E-state index contributed by atoms with van der Waals surface area (Å²) in [6.07, 6.45) is 9.65. The standard InChI is InChI=1S/C20H29N3O2/c24-19-11-16(5-8-21-19)20(25)23-13-17-6-9-22(10-7-18(17)14-23)12-15-3-1-2-4-15/h5,8,11,15,17-18H,1-4,6-7,9-10,12-14H2,(H,21,24)/t17-,18+. The van der Waals surface area contributed by atoms with Crippen molar-refractivity contribution in [2.24, 2.45) is 17.8 Å². The lowest BCUT2D eigenvalue weighted by Crippen LogP contribution is -2.33. The third-order valence-electron chi connectivity index (χ3n) is 6.51. The number of nitrogens with zero attached hydrogens (tertiary/aromatic N) is 2. The largest absolute Gasteiger partial charge is 0.338 e. The summed E-state index contributed by atoms with van der Waals surface area (Å²) in [7, 11) is 0. The highest BCUT2D eigenvalue weighted by Crippen LogP contribution is 2.33. The van der Waals surface area contributed by atoms with Crippen molar-refractivity contribution in [3.63, 3.8) is 0 Å². The third-order valence-corrected chi connectivity index (χ3v) is 6.51. The van der Waals surface area contributed by atoms with Gasteiger partial charge in [0.2, 0.25) is 5.56 Å². The van der Waals surface area contributed by atoms with E-state index in [2.05, 4.69) is 9.88 Å². The van der Waals surface area contributed by atoms with Crippen molar-refractivity contribution in [3.8, 4) is 0 Å². The summed E-state index contributed by atoms with van der Waals surface area (Å²) in [5.41, 5.74) is 0.310. The molecule has 2 aliphatic heterocycles. The minimum atomic E-state index is -0.207. The zero-order chi connectivity index (χ0) is 17.2. The van der Waals surface area contributed by atoms with Crippen LogP contribution < -0.4 is 5.56 Å². The first-order valence-corrected chi connectivity index (χ1v) is 9.89. The van der Waals surface area contributed by atoms with E-state index in [4.69, 9.17) is 0 Å². The number of aromatic amines is 1. The first-order valence-electron chi connectivity index (χ1n) is 9.89. The second kappa shape index (κ2) is 7.32. The first-order chi connectivity index (χ1) is 12.2. The van der Waals surface area contributed by atoms with Gasteiger partial charge in [0.25, 0.3) is 5.91 Å². The predicted molar refractivity (Wildman–Crippen MR) is 97.6 cm³/mol. The van der Waals surface area contributed by atoms with Gasteiger partial charge in [-0.2, -0.15) is 0 Å². The van der Waals surface area contributed by atoms with Crippen molar-refractivity contribution in [2.75, 3.05) is 32.7 Å². The topological polar surface area (TPSA) is 56.4 Å². The molecule has 4 rings (SSSR count). The Hall–Kier alpha value is -1.62. The molecule has 25 heavy (non-hydrogen) atoms. The fraction of sp³-hybridized carbons (Fsp3) is 0.700. The van der Waals surface area contributed by atoms with Crippen molar-refractivity contribution in [2.45, 2.75) is 38.5 Å². The average molecular weight is 343 g/mol. The van der Waals surface area contributed by atoms with E-state index in [1.807, 2.05) is 4.90 Å². The van der Waals surface area contributed by atoms with Crippen LogP contribution in [0.4, 0.5) is 0 Å². The van der Waals surface area contributed by atoms with Crippen molar-refractivity contribution in [1.29, 1.82) is 0 Å². The fourth-order valence-corrected chi connectivity index (χ4v) is 5.07. The number of rotatable bonds is 3. The van der Waals surface area contributed by atoms with Gasteiger partial charge >= 0.3 is 0 Å². The molecule has 1 aliphatic carbocycles. The zero-order valence-corrected chi connectivity index (χ0v) is 15.0. The predicted octanol–water partition coefficient (Wildman–Crippen LogP) is 2.35. The highest BCUT2D eigenvalue weighted by Gasteiger charge is 2.37. The van der Waals surface area contributed by atoms with Gasteiger partial charge in [0, 0.05) is 37.5 Å². The summed E-state index contributed by atoms with van der Waals surface area (Å²) in [4.78, 5) is 31.4. The van der Waals surface area contributed by atoms with Gasteiger partial charge in [-0.15, -0.1) is 0 Å². The van der Waals surface area contributed by atoms with E-state index in [1.54, 1.807) is 12.3 Å². The van der Waals surface area contributed by atoms with Crippen molar-refractivity contribution in [1.82, 2.24) is 14.8 Å². The van der Waals surface area contributed by atoms with E-state index < -0.39 is 0 Å². The first kappa shape index (κ1) is 16.8. The van der Waals surface area contributed by atoms with Crippen LogP contribution in [-0.2, 0) is 0 Å². The van der Waals surface area contributed by atoms with Crippen LogP contribution in [0.2, 0.25) is 0 Å². The zero-order valence-electron chi connectivity index (χ0n) is 15.0. The Morgan fingerprint density at radius 2 is 1.76 bits per heavy atom. The molecule has 1 N–H and O–H groups in total. The molecular weight excluding hydrogens is 314 g/mol. The van der Waals surface area contributed by atoms with Crippen molar-refractivity contribution < 1.29 is 4.79 Å². The van der Waals surface area contributed by atoms with Gasteiger partial charge in [-0.1, -0.05) is 12.8 Å². The number of fused-ring (bicyclic) bond motifs is 1. The Labute approximate surface area is 149 Å². The third kappa shape index (κ3) is 3.81. The second-order valence-electron chi connectivity index (χ2n) is 8.20. The van der Waals surface area contributed by atoms with Gasteiger partial charge in [-0.3, -0.25) is 9.59 Å². The molecule has 0 unspecified atom stereocenters. The molecule has 0 spiro atoms. The van der Waals surface area contributed by atoms with Gasteiger partial charge in [-0.25, -0.2) is 0 Å². The molecule has 1 aromatic heterocycles. The molecule has 136 valence electrons. The summed E-state index contributed by atoms with van der Waals surface area (Å²) in [5.74, 6) is 2.19. The molecule has 1 aromatic rings. The molecule has 1 saturated carbocycles. The molecular formula is C20H29N3O2. The Balaban J connectivity index is 1.34. The summed E-state index contributed by atoms with van der Waals surface area (Å²) in [6.45, 7) is 5.37. The molecule has 0 aromatic carbocycles. The maximum atomic E-state index is 12.7. The van der Waals surface area contributed by atoms with Gasteiger partial charge in [0.15, 0.2) is 0 Å². The number of H-pyrrole nitrogens is 1. The number of carbonyl (C=O) groups is 1. The quantitative estimate of drug-likeness (QED) is 0.916. The number of aromatic nitrogens is 1. The van der Waals surface area contributed by atoms with Crippen LogP contribution in [0.25, 0.3) is 0 Å². The van der Waals surface area contributed by atoms with E-state index in [-0.39, 0.29) is 11.5 Å². The van der Waals surface area contributed by atoms with Crippen molar-refractivity contribution in [3.05, 3.63) is 34.2 Å². The Kier molecular flexibility index (Phi) is 4.93. The van der Waals surface area contributed by atoms with Gasteiger partial charge in [-0.05, 0) is 62.6 Å². The monoisotopic (exact) mass is 343 g/mol. The van der Waals surface area contributed by atoms with Crippen molar-refractivity contribution >= 4 is 5.91 Å². The van der Waals surface area contributed by atoms with Crippen LogP contribution in [0, 0.1) is 17.8 Å². The number of amides is 1. The second-order valence-corrected chi connectivity index (χ2v) is 8.20. The Bertz CT molecular complexity index is 649. The number of nitrogens with one attached hydrogen (secondary N) is 1. The number of pyridine rings is 1. The van der Waals surface area contributed by atoms with Crippen LogP contribution >= 0.6 is 0 Å². The number of hydrogen-bond donors (Lipinski definition) is 1.